The number of rotatable bonds is 4. The summed E-state index contributed by atoms with van der Waals surface area (Å²) in [5, 5.41) is 6.12. The van der Waals surface area contributed by atoms with Crippen LogP contribution in [0.2, 0.25) is 0 Å². The minimum Gasteiger partial charge on any atom is -0.272 e. The maximum atomic E-state index is 13.7. The minimum atomic E-state index is -0.641. The second kappa shape index (κ2) is 8.82. The van der Waals surface area contributed by atoms with Crippen LogP contribution in [-0.2, 0) is 16.1 Å². The zero-order valence-corrected chi connectivity index (χ0v) is 18.9. The second-order valence-corrected chi connectivity index (χ2v) is 9.39. The number of halogens is 2. The van der Waals surface area contributed by atoms with Gasteiger partial charge in [0.25, 0.3) is 0 Å². The number of aryl methyl sites for hydroxylation is 2. The third-order valence-electron chi connectivity index (χ3n) is 6.93. The summed E-state index contributed by atoms with van der Waals surface area (Å²) < 4.78 is 29.3. The van der Waals surface area contributed by atoms with E-state index in [0.717, 1.165) is 60.8 Å². The molecule has 33 heavy (non-hydrogen) atoms. The number of aromatic nitrogens is 3. The van der Waals surface area contributed by atoms with E-state index in [1.54, 1.807) is 0 Å². The molecule has 0 bridgehead atoms. The predicted octanol–water partition coefficient (Wildman–Crippen LogP) is 4.88. The normalized spacial score (nSPS) is 23.4. The Bertz CT molecular complexity index is 1170. The molecule has 3 aromatic rings. The highest BCUT2D eigenvalue weighted by molar-refractivity contribution is 5.78. The van der Waals surface area contributed by atoms with Gasteiger partial charge in [-0.15, -0.1) is 0 Å². The number of amides is 1. The van der Waals surface area contributed by atoms with Gasteiger partial charge in [-0.1, -0.05) is 0 Å². The average Bonchev–Trinajstić information content (AvgIpc) is 3.39. The van der Waals surface area contributed by atoms with E-state index in [9.17, 15) is 13.6 Å². The molecule has 1 aliphatic carbocycles. The molecule has 3 heterocycles. The van der Waals surface area contributed by atoms with Gasteiger partial charge in [0, 0.05) is 18.4 Å². The molecular weight excluding hydrogens is 426 g/mol. The van der Waals surface area contributed by atoms with E-state index in [0.29, 0.717) is 24.5 Å². The average molecular weight is 455 g/mol. The first kappa shape index (κ1) is 21.9. The van der Waals surface area contributed by atoms with Crippen molar-refractivity contribution in [3.8, 4) is 0 Å². The van der Waals surface area contributed by atoms with Crippen LogP contribution in [0, 0.1) is 37.3 Å². The summed E-state index contributed by atoms with van der Waals surface area (Å²) in [7, 11) is 0. The largest absolute Gasteiger partial charge is 0.272 e. The quantitative estimate of drug-likeness (QED) is 0.564. The number of hydrogen-bond donors (Lipinski definition) is 0. The molecule has 0 N–H and O–H groups in total. The van der Waals surface area contributed by atoms with E-state index in [-0.39, 0.29) is 11.8 Å². The SMILES string of the molecule is Cc1cn2nc(CC3CCC(C(=O)N4OCC[C@H]4c4cc(F)cc(F)c4)CC3)c(C)cc2n1. The van der Waals surface area contributed by atoms with Crippen LogP contribution in [0.15, 0.2) is 30.5 Å². The molecule has 0 spiro atoms. The van der Waals surface area contributed by atoms with Gasteiger partial charge in [-0.3, -0.25) is 9.63 Å². The van der Waals surface area contributed by atoms with Crippen molar-refractivity contribution >= 4 is 11.6 Å². The second-order valence-electron chi connectivity index (χ2n) is 9.39. The van der Waals surface area contributed by atoms with Crippen molar-refractivity contribution in [2.45, 2.75) is 58.4 Å². The van der Waals surface area contributed by atoms with Gasteiger partial charge < -0.3 is 0 Å². The Hall–Kier alpha value is -2.87. The number of carbonyl (C=O) groups excluding carboxylic acids is 1. The summed E-state index contributed by atoms with van der Waals surface area (Å²) in [6.45, 7) is 4.40. The van der Waals surface area contributed by atoms with Crippen LogP contribution < -0.4 is 0 Å². The topological polar surface area (TPSA) is 59.7 Å². The van der Waals surface area contributed by atoms with Crippen LogP contribution in [0.1, 0.15) is 60.7 Å². The Morgan fingerprint density at radius 1 is 1.06 bits per heavy atom. The molecule has 1 aliphatic heterocycles. The van der Waals surface area contributed by atoms with Crippen LogP contribution in [0.3, 0.4) is 0 Å². The van der Waals surface area contributed by atoms with Gasteiger partial charge >= 0.3 is 0 Å². The fraction of sp³-hybridized carbons (Fsp3) is 0.480. The first-order valence-electron chi connectivity index (χ1n) is 11.6. The lowest BCUT2D eigenvalue weighted by Gasteiger charge is -2.32. The van der Waals surface area contributed by atoms with Gasteiger partial charge in [-0.2, -0.15) is 5.10 Å². The van der Waals surface area contributed by atoms with Crippen LogP contribution in [0.25, 0.3) is 5.65 Å². The van der Waals surface area contributed by atoms with Crippen molar-refractivity contribution in [3.05, 3.63) is 64.6 Å². The molecule has 2 aliphatic rings. The van der Waals surface area contributed by atoms with Gasteiger partial charge in [0.05, 0.1) is 30.2 Å². The number of carbonyl (C=O) groups is 1. The lowest BCUT2D eigenvalue weighted by atomic mass is 9.79. The summed E-state index contributed by atoms with van der Waals surface area (Å²) in [5.41, 5.74) is 4.47. The molecule has 8 heteroatoms. The van der Waals surface area contributed by atoms with Gasteiger partial charge in [-0.25, -0.2) is 23.3 Å². The van der Waals surface area contributed by atoms with Crippen LogP contribution in [0.4, 0.5) is 8.78 Å². The summed E-state index contributed by atoms with van der Waals surface area (Å²) in [6, 6.07) is 5.04. The molecule has 1 saturated heterocycles. The van der Waals surface area contributed by atoms with Crippen molar-refractivity contribution in [1.82, 2.24) is 19.7 Å². The molecule has 174 valence electrons. The molecule has 2 fully saturated rings. The van der Waals surface area contributed by atoms with Crippen molar-refractivity contribution in [2.24, 2.45) is 11.8 Å². The number of imidazole rings is 1. The lowest BCUT2D eigenvalue weighted by molar-refractivity contribution is -0.183. The molecule has 1 aromatic carbocycles. The fourth-order valence-electron chi connectivity index (χ4n) is 5.19. The standard InChI is InChI=1S/C25H28F2N4O2/c1-15-9-24-28-16(2)14-30(24)29-22(15)10-17-3-5-18(6-4-17)25(32)31-23(7-8-33-31)19-11-20(26)13-21(27)12-19/h9,11-14,17-18,23H,3-8,10H2,1-2H3/t17?,18?,23-/m0/s1. The van der Waals surface area contributed by atoms with E-state index < -0.39 is 17.7 Å². The predicted molar refractivity (Wildman–Crippen MR) is 118 cm³/mol. The van der Waals surface area contributed by atoms with Gasteiger partial charge in [-0.05, 0) is 81.2 Å². The monoisotopic (exact) mass is 454 g/mol. The van der Waals surface area contributed by atoms with Crippen molar-refractivity contribution < 1.29 is 18.4 Å². The summed E-state index contributed by atoms with van der Waals surface area (Å²) in [4.78, 5) is 23.3. The molecule has 1 amide bonds. The molecule has 0 unspecified atom stereocenters. The first-order chi connectivity index (χ1) is 15.9. The zero-order valence-electron chi connectivity index (χ0n) is 18.9. The van der Waals surface area contributed by atoms with Crippen LogP contribution in [0.5, 0.6) is 0 Å². The Morgan fingerprint density at radius 2 is 1.79 bits per heavy atom. The maximum absolute atomic E-state index is 13.7. The van der Waals surface area contributed by atoms with Crippen LogP contribution in [-0.4, -0.2) is 32.2 Å². The molecular formula is C25H28F2N4O2. The van der Waals surface area contributed by atoms with E-state index in [1.165, 1.54) is 17.2 Å². The molecule has 2 aromatic heterocycles. The van der Waals surface area contributed by atoms with Crippen LogP contribution >= 0.6 is 0 Å². The number of benzene rings is 1. The highest BCUT2D eigenvalue weighted by Gasteiger charge is 2.37. The van der Waals surface area contributed by atoms with E-state index in [4.69, 9.17) is 9.94 Å². The number of fused-ring (bicyclic) bond motifs is 1. The molecule has 1 atom stereocenters. The fourth-order valence-corrected chi connectivity index (χ4v) is 5.19. The molecule has 5 rings (SSSR count). The highest BCUT2D eigenvalue weighted by atomic mass is 19.1. The smallest absolute Gasteiger partial charge is 0.249 e. The summed E-state index contributed by atoms with van der Waals surface area (Å²) >= 11 is 0. The Balaban J connectivity index is 1.22. The Kier molecular flexibility index (Phi) is 5.86. The van der Waals surface area contributed by atoms with E-state index in [2.05, 4.69) is 18.0 Å². The maximum Gasteiger partial charge on any atom is 0.249 e. The molecule has 6 nitrogen and oxygen atoms in total. The first-order valence-corrected chi connectivity index (χ1v) is 11.6. The molecule has 1 saturated carbocycles. The van der Waals surface area contributed by atoms with E-state index in [1.807, 2.05) is 17.6 Å². The summed E-state index contributed by atoms with van der Waals surface area (Å²) in [5.74, 6) is -1.02. The van der Waals surface area contributed by atoms with Gasteiger partial charge in [0.15, 0.2) is 5.65 Å². The third-order valence-corrected chi connectivity index (χ3v) is 6.93. The van der Waals surface area contributed by atoms with Gasteiger partial charge in [0.1, 0.15) is 11.6 Å². The van der Waals surface area contributed by atoms with Crippen molar-refractivity contribution in [1.29, 1.82) is 0 Å². The van der Waals surface area contributed by atoms with Crippen molar-refractivity contribution in [2.75, 3.05) is 6.61 Å². The highest BCUT2D eigenvalue weighted by Crippen LogP contribution is 2.37. The van der Waals surface area contributed by atoms with Crippen molar-refractivity contribution in [3.63, 3.8) is 0 Å². The summed E-state index contributed by atoms with van der Waals surface area (Å²) in [6.07, 6.45) is 6.77. The van der Waals surface area contributed by atoms with Gasteiger partial charge in [0.2, 0.25) is 5.91 Å². The molecule has 0 radical (unpaired) electrons. The Labute approximate surface area is 191 Å². The third kappa shape index (κ3) is 4.49. The number of nitrogens with zero attached hydrogens (tertiary/aromatic N) is 4. The minimum absolute atomic E-state index is 0.0785. The Morgan fingerprint density at radius 3 is 2.52 bits per heavy atom. The lowest BCUT2D eigenvalue weighted by Crippen LogP contribution is -2.37. The zero-order chi connectivity index (χ0) is 23.1. The number of hydroxylamine groups is 2. The number of hydrogen-bond acceptors (Lipinski definition) is 4. The van der Waals surface area contributed by atoms with E-state index >= 15 is 0 Å².